The van der Waals surface area contributed by atoms with Crippen LogP contribution in [0.2, 0.25) is 0 Å². The van der Waals surface area contributed by atoms with Crippen molar-refractivity contribution in [1.82, 2.24) is 4.98 Å². The quantitative estimate of drug-likeness (QED) is 0.868. The second-order valence-corrected chi connectivity index (χ2v) is 4.68. The minimum absolute atomic E-state index is 0.927. The van der Waals surface area contributed by atoms with Crippen molar-refractivity contribution in [3.05, 3.63) is 18.3 Å². The third kappa shape index (κ3) is 3.62. The summed E-state index contributed by atoms with van der Waals surface area (Å²) in [6.07, 6.45) is 8.71. The van der Waals surface area contributed by atoms with E-state index >= 15 is 0 Å². The van der Waals surface area contributed by atoms with Crippen molar-refractivity contribution < 1.29 is 0 Å². The summed E-state index contributed by atoms with van der Waals surface area (Å²) in [5, 5.41) is 3.28. The van der Waals surface area contributed by atoms with Gasteiger partial charge in [0, 0.05) is 37.6 Å². The van der Waals surface area contributed by atoms with Gasteiger partial charge in [0.2, 0.25) is 0 Å². The lowest BCUT2D eigenvalue weighted by molar-refractivity contribution is 0.556. The van der Waals surface area contributed by atoms with E-state index in [0.717, 1.165) is 12.4 Å². The first-order chi connectivity index (χ1) is 8.40. The van der Waals surface area contributed by atoms with Crippen molar-refractivity contribution >= 4 is 11.5 Å². The molecule has 0 aliphatic carbocycles. The Morgan fingerprint density at radius 1 is 1.18 bits per heavy atom. The van der Waals surface area contributed by atoms with Crippen LogP contribution in [0.25, 0.3) is 0 Å². The van der Waals surface area contributed by atoms with Gasteiger partial charge in [-0.3, -0.25) is 0 Å². The lowest BCUT2D eigenvalue weighted by atomic mass is 10.1. The van der Waals surface area contributed by atoms with Gasteiger partial charge in [-0.05, 0) is 25.8 Å². The van der Waals surface area contributed by atoms with Crippen molar-refractivity contribution in [2.24, 2.45) is 0 Å². The number of hydrogen-bond donors (Lipinski definition) is 1. The van der Waals surface area contributed by atoms with E-state index in [0.29, 0.717) is 0 Å². The molecule has 2 heterocycles. The number of nitrogens with zero attached hydrogens (tertiary/aromatic N) is 2. The van der Waals surface area contributed by atoms with E-state index in [1.54, 1.807) is 0 Å². The molecule has 1 aliphatic heterocycles. The zero-order valence-electron chi connectivity index (χ0n) is 10.8. The third-order valence-corrected chi connectivity index (χ3v) is 3.32. The average Bonchev–Trinajstić information content (AvgIpc) is 2.29. The molecule has 1 saturated heterocycles. The summed E-state index contributed by atoms with van der Waals surface area (Å²) < 4.78 is 0. The van der Waals surface area contributed by atoms with E-state index in [-0.39, 0.29) is 0 Å². The number of aromatic nitrogens is 1. The van der Waals surface area contributed by atoms with Gasteiger partial charge >= 0.3 is 0 Å². The Balaban J connectivity index is 2.05. The summed E-state index contributed by atoms with van der Waals surface area (Å²) in [5.41, 5.74) is 1.32. The van der Waals surface area contributed by atoms with E-state index in [9.17, 15) is 0 Å². The maximum Gasteiger partial charge on any atom is 0.127 e. The molecule has 3 nitrogen and oxygen atoms in total. The smallest absolute Gasteiger partial charge is 0.127 e. The first kappa shape index (κ1) is 12.2. The molecule has 17 heavy (non-hydrogen) atoms. The predicted octanol–water partition coefficient (Wildman–Crippen LogP) is 3.28. The maximum absolute atomic E-state index is 4.33. The largest absolute Gasteiger partial charge is 0.371 e. The van der Waals surface area contributed by atoms with E-state index in [2.05, 4.69) is 34.3 Å². The normalized spacial score (nSPS) is 17.4. The highest BCUT2D eigenvalue weighted by molar-refractivity contribution is 5.53. The molecule has 1 aromatic heterocycles. The molecule has 0 unspecified atom stereocenters. The van der Waals surface area contributed by atoms with E-state index < -0.39 is 0 Å². The Morgan fingerprint density at radius 3 is 2.59 bits per heavy atom. The number of hydrogen-bond acceptors (Lipinski definition) is 3. The van der Waals surface area contributed by atoms with Crippen LogP contribution in [0.5, 0.6) is 0 Å². The highest BCUT2D eigenvalue weighted by Crippen LogP contribution is 2.20. The highest BCUT2D eigenvalue weighted by Gasteiger charge is 2.09. The van der Waals surface area contributed by atoms with Crippen molar-refractivity contribution in [2.75, 3.05) is 29.9 Å². The van der Waals surface area contributed by atoms with E-state index in [1.807, 2.05) is 6.20 Å². The second-order valence-electron chi connectivity index (χ2n) is 4.68. The van der Waals surface area contributed by atoms with Gasteiger partial charge in [0.05, 0.1) is 0 Å². The molecule has 1 N–H and O–H groups in total. The number of pyridine rings is 1. The van der Waals surface area contributed by atoms with Crippen LogP contribution in [0.3, 0.4) is 0 Å². The molecule has 0 atom stereocenters. The second kappa shape index (κ2) is 6.48. The van der Waals surface area contributed by atoms with Crippen LogP contribution < -0.4 is 10.2 Å². The summed E-state index contributed by atoms with van der Waals surface area (Å²) in [4.78, 5) is 6.83. The Bertz CT molecular complexity index is 330. The van der Waals surface area contributed by atoms with E-state index in [4.69, 9.17) is 0 Å². The van der Waals surface area contributed by atoms with Crippen molar-refractivity contribution in [2.45, 2.75) is 39.0 Å². The Morgan fingerprint density at radius 2 is 1.88 bits per heavy atom. The molecule has 1 fully saturated rings. The van der Waals surface area contributed by atoms with Gasteiger partial charge in [-0.25, -0.2) is 4.98 Å². The molecular weight excluding hydrogens is 210 g/mol. The van der Waals surface area contributed by atoms with Crippen LogP contribution in [0.4, 0.5) is 11.5 Å². The first-order valence-corrected chi connectivity index (χ1v) is 6.85. The first-order valence-electron chi connectivity index (χ1n) is 6.85. The lowest BCUT2D eigenvalue weighted by Crippen LogP contribution is -2.27. The molecule has 0 radical (unpaired) electrons. The molecule has 0 spiro atoms. The van der Waals surface area contributed by atoms with Crippen LogP contribution in [-0.4, -0.2) is 24.6 Å². The molecule has 0 aromatic carbocycles. The maximum atomic E-state index is 4.33. The fourth-order valence-electron chi connectivity index (χ4n) is 2.40. The highest BCUT2D eigenvalue weighted by atomic mass is 15.1. The Kier molecular flexibility index (Phi) is 4.65. The van der Waals surface area contributed by atoms with Gasteiger partial charge in [-0.2, -0.15) is 0 Å². The fraction of sp³-hybridized carbons (Fsp3) is 0.643. The number of rotatable bonds is 3. The molecule has 1 aromatic rings. The van der Waals surface area contributed by atoms with Crippen molar-refractivity contribution in [3.8, 4) is 0 Å². The van der Waals surface area contributed by atoms with Crippen LogP contribution in [0, 0.1) is 0 Å². The Hall–Kier alpha value is -1.25. The minimum Gasteiger partial charge on any atom is -0.371 e. The number of anilines is 2. The van der Waals surface area contributed by atoms with E-state index in [1.165, 1.54) is 50.9 Å². The standard InChI is InChI=1S/C14H23N3/c1-2-15-14-12-13(8-9-16-14)17-10-6-4-3-5-7-11-17/h8-9,12H,2-7,10-11H2,1H3,(H,15,16). The van der Waals surface area contributed by atoms with Gasteiger partial charge < -0.3 is 10.2 Å². The predicted molar refractivity (Wildman–Crippen MR) is 73.7 cm³/mol. The summed E-state index contributed by atoms with van der Waals surface area (Å²) in [5.74, 6) is 0.993. The zero-order valence-corrected chi connectivity index (χ0v) is 10.8. The molecule has 0 saturated carbocycles. The fourth-order valence-corrected chi connectivity index (χ4v) is 2.40. The van der Waals surface area contributed by atoms with Crippen LogP contribution >= 0.6 is 0 Å². The Labute approximate surface area is 104 Å². The minimum atomic E-state index is 0.927. The van der Waals surface area contributed by atoms with Gasteiger partial charge in [-0.1, -0.05) is 19.3 Å². The number of nitrogens with one attached hydrogen (secondary N) is 1. The van der Waals surface area contributed by atoms with Crippen LogP contribution in [0.15, 0.2) is 18.3 Å². The van der Waals surface area contributed by atoms with Gasteiger partial charge in [0.15, 0.2) is 0 Å². The van der Waals surface area contributed by atoms with Crippen molar-refractivity contribution in [1.29, 1.82) is 0 Å². The molecule has 2 rings (SSSR count). The molecule has 94 valence electrons. The summed E-state index contributed by atoms with van der Waals surface area (Å²) in [6.45, 7) is 5.41. The molecule has 1 aliphatic rings. The summed E-state index contributed by atoms with van der Waals surface area (Å²) >= 11 is 0. The monoisotopic (exact) mass is 233 g/mol. The van der Waals surface area contributed by atoms with Gasteiger partial charge in [-0.15, -0.1) is 0 Å². The third-order valence-electron chi connectivity index (χ3n) is 3.32. The summed E-state index contributed by atoms with van der Waals surface area (Å²) in [7, 11) is 0. The summed E-state index contributed by atoms with van der Waals surface area (Å²) in [6, 6.07) is 4.30. The van der Waals surface area contributed by atoms with Gasteiger partial charge in [0.25, 0.3) is 0 Å². The average molecular weight is 233 g/mol. The zero-order chi connectivity index (χ0) is 11.9. The van der Waals surface area contributed by atoms with Gasteiger partial charge in [0.1, 0.15) is 5.82 Å². The molecular formula is C14H23N3. The molecule has 3 heteroatoms. The molecule has 0 bridgehead atoms. The SMILES string of the molecule is CCNc1cc(N2CCCCCCC2)ccn1. The topological polar surface area (TPSA) is 28.2 Å². The molecule has 0 amide bonds. The van der Waals surface area contributed by atoms with Crippen LogP contribution in [-0.2, 0) is 0 Å². The van der Waals surface area contributed by atoms with Crippen LogP contribution in [0.1, 0.15) is 39.0 Å². The van der Waals surface area contributed by atoms with Crippen molar-refractivity contribution in [3.63, 3.8) is 0 Å². The lowest BCUT2D eigenvalue weighted by Gasteiger charge is -2.27.